The molecule has 0 aromatic rings. The Morgan fingerprint density at radius 1 is 1.27 bits per heavy atom. The zero-order valence-electron chi connectivity index (χ0n) is 9.73. The van der Waals surface area contributed by atoms with Crippen LogP contribution in [0, 0.1) is 0 Å². The third-order valence-electron chi connectivity index (χ3n) is 3.60. The van der Waals surface area contributed by atoms with Crippen LogP contribution < -0.4 is 10.6 Å². The fraction of sp³-hybridized carbons (Fsp3) is 0.846. The molecular formula is C13H24N2. The van der Waals surface area contributed by atoms with Gasteiger partial charge in [-0.15, -0.1) is 0 Å². The highest BCUT2D eigenvalue weighted by atomic mass is 15.0. The summed E-state index contributed by atoms with van der Waals surface area (Å²) in [7, 11) is 0. The van der Waals surface area contributed by atoms with E-state index in [-0.39, 0.29) is 0 Å². The van der Waals surface area contributed by atoms with Crippen LogP contribution in [0.4, 0.5) is 0 Å². The van der Waals surface area contributed by atoms with Gasteiger partial charge in [0.2, 0.25) is 0 Å². The van der Waals surface area contributed by atoms with Gasteiger partial charge in [0.15, 0.2) is 0 Å². The van der Waals surface area contributed by atoms with E-state index in [4.69, 9.17) is 0 Å². The molecule has 2 nitrogen and oxygen atoms in total. The highest BCUT2D eigenvalue weighted by Gasteiger charge is 2.11. The van der Waals surface area contributed by atoms with Gasteiger partial charge in [-0.3, -0.25) is 0 Å². The van der Waals surface area contributed by atoms with E-state index in [1.54, 1.807) is 5.57 Å². The van der Waals surface area contributed by atoms with Crippen molar-refractivity contribution in [2.75, 3.05) is 19.6 Å². The molecule has 1 saturated heterocycles. The fourth-order valence-corrected chi connectivity index (χ4v) is 2.59. The average Bonchev–Trinajstić information content (AvgIpc) is 2.32. The van der Waals surface area contributed by atoms with E-state index in [0.29, 0.717) is 0 Å². The topological polar surface area (TPSA) is 24.1 Å². The van der Waals surface area contributed by atoms with Crippen LogP contribution >= 0.6 is 0 Å². The van der Waals surface area contributed by atoms with E-state index in [0.717, 1.165) is 6.04 Å². The summed E-state index contributed by atoms with van der Waals surface area (Å²) in [6.45, 7) is 3.58. The molecule has 2 aliphatic rings. The molecule has 1 heterocycles. The van der Waals surface area contributed by atoms with Crippen LogP contribution in [0.3, 0.4) is 0 Å². The lowest BCUT2D eigenvalue weighted by Crippen LogP contribution is -2.40. The molecule has 86 valence electrons. The summed E-state index contributed by atoms with van der Waals surface area (Å²) in [6.07, 6.45) is 11.9. The highest BCUT2D eigenvalue weighted by molar-refractivity contribution is 5.05. The van der Waals surface area contributed by atoms with Gasteiger partial charge in [0, 0.05) is 6.04 Å². The van der Waals surface area contributed by atoms with Gasteiger partial charge in [0.05, 0.1) is 0 Å². The first kappa shape index (κ1) is 11.2. The minimum Gasteiger partial charge on any atom is -0.317 e. The summed E-state index contributed by atoms with van der Waals surface area (Å²) in [6, 6.07) is 0.774. The van der Waals surface area contributed by atoms with Crippen LogP contribution in [0.1, 0.15) is 44.9 Å². The molecule has 15 heavy (non-hydrogen) atoms. The number of hydrogen-bond donors (Lipinski definition) is 2. The Bertz CT molecular complexity index is 205. The molecule has 0 amide bonds. The van der Waals surface area contributed by atoms with Gasteiger partial charge in [-0.05, 0) is 64.6 Å². The molecule has 0 unspecified atom stereocenters. The lowest BCUT2D eigenvalue weighted by molar-refractivity contribution is 0.388. The van der Waals surface area contributed by atoms with Crippen LogP contribution in [0.15, 0.2) is 11.6 Å². The van der Waals surface area contributed by atoms with Crippen LogP contribution in [-0.2, 0) is 0 Å². The second-order valence-corrected chi connectivity index (χ2v) is 4.84. The summed E-state index contributed by atoms with van der Waals surface area (Å²) in [5.74, 6) is 0. The largest absolute Gasteiger partial charge is 0.317 e. The van der Waals surface area contributed by atoms with Crippen LogP contribution in [-0.4, -0.2) is 25.7 Å². The Hall–Kier alpha value is -0.340. The van der Waals surface area contributed by atoms with Crippen LogP contribution in [0.2, 0.25) is 0 Å². The zero-order valence-corrected chi connectivity index (χ0v) is 9.73. The van der Waals surface area contributed by atoms with Gasteiger partial charge < -0.3 is 10.6 Å². The molecule has 0 spiro atoms. The molecule has 0 aromatic heterocycles. The Kier molecular flexibility index (Phi) is 4.68. The Morgan fingerprint density at radius 3 is 2.87 bits per heavy atom. The lowest BCUT2D eigenvalue weighted by Gasteiger charge is -2.24. The maximum Gasteiger partial charge on any atom is 0.00913 e. The maximum absolute atomic E-state index is 3.69. The summed E-state index contributed by atoms with van der Waals surface area (Å²) >= 11 is 0. The van der Waals surface area contributed by atoms with Crippen molar-refractivity contribution in [2.45, 2.75) is 51.0 Å². The van der Waals surface area contributed by atoms with Crippen LogP contribution in [0.5, 0.6) is 0 Å². The van der Waals surface area contributed by atoms with Crippen molar-refractivity contribution in [1.82, 2.24) is 10.6 Å². The number of hydrogen-bond acceptors (Lipinski definition) is 2. The van der Waals surface area contributed by atoms with Gasteiger partial charge >= 0.3 is 0 Å². The molecule has 1 aliphatic carbocycles. The number of piperidine rings is 1. The summed E-state index contributed by atoms with van der Waals surface area (Å²) in [5, 5.41) is 7.09. The maximum atomic E-state index is 3.69. The average molecular weight is 208 g/mol. The molecule has 0 bridgehead atoms. The van der Waals surface area contributed by atoms with Crippen molar-refractivity contribution in [3.8, 4) is 0 Å². The molecule has 0 radical (unpaired) electrons. The van der Waals surface area contributed by atoms with Crippen molar-refractivity contribution in [3.05, 3.63) is 11.6 Å². The van der Waals surface area contributed by atoms with Gasteiger partial charge in [0.25, 0.3) is 0 Å². The zero-order chi connectivity index (χ0) is 10.3. The molecular weight excluding hydrogens is 184 g/mol. The van der Waals surface area contributed by atoms with E-state index in [1.807, 2.05) is 0 Å². The predicted molar refractivity (Wildman–Crippen MR) is 65.1 cm³/mol. The third kappa shape index (κ3) is 3.96. The number of allylic oxidation sites excluding steroid dienone is 1. The molecule has 2 heteroatoms. The van der Waals surface area contributed by atoms with E-state index in [2.05, 4.69) is 16.7 Å². The van der Waals surface area contributed by atoms with E-state index < -0.39 is 0 Å². The number of rotatable bonds is 4. The lowest BCUT2D eigenvalue weighted by atomic mass is 9.97. The first-order valence-electron chi connectivity index (χ1n) is 6.57. The third-order valence-corrected chi connectivity index (χ3v) is 3.60. The van der Waals surface area contributed by atoms with Gasteiger partial charge in [-0.1, -0.05) is 11.6 Å². The monoisotopic (exact) mass is 208 g/mol. The fourth-order valence-electron chi connectivity index (χ4n) is 2.59. The first-order valence-corrected chi connectivity index (χ1v) is 6.57. The normalized spacial score (nSPS) is 23.9. The van der Waals surface area contributed by atoms with E-state index in [9.17, 15) is 0 Å². The van der Waals surface area contributed by atoms with E-state index in [1.165, 1.54) is 64.6 Å². The van der Waals surface area contributed by atoms with Crippen molar-refractivity contribution in [2.24, 2.45) is 0 Å². The Labute approximate surface area is 93.5 Å². The smallest absolute Gasteiger partial charge is 0.00913 e. The summed E-state index contributed by atoms with van der Waals surface area (Å²) < 4.78 is 0. The Morgan fingerprint density at radius 2 is 2.13 bits per heavy atom. The quantitative estimate of drug-likeness (QED) is 0.692. The molecule has 0 aromatic carbocycles. The molecule has 0 atom stereocenters. The molecule has 1 aliphatic heterocycles. The van der Waals surface area contributed by atoms with Gasteiger partial charge in [0.1, 0.15) is 0 Å². The van der Waals surface area contributed by atoms with Crippen LogP contribution in [0.25, 0.3) is 0 Å². The molecule has 1 fully saturated rings. The second-order valence-electron chi connectivity index (χ2n) is 4.84. The molecule has 0 saturated carbocycles. The number of nitrogens with one attached hydrogen (secondary N) is 2. The van der Waals surface area contributed by atoms with Gasteiger partial charge in [-0.25, -0.2) is 0 Å². The van der Waals surface area contributed by atoms with Gasteiger partial charge in [-0.2, -0.15) is 0 Å². The Balaban J connectivity index is 1.59. The van der Waals surface area contributed by atoms with Crippen molar-refractivity contribution >= 4 is 0 Å². The van der Waals surface area contributed by atoms with E-state index >= 15 is 0 Å². The second kappa shape index (κ2) is 6.29. The van der Waals surface area contributed by atoms with Crippen molar-refractivity contribution in [1.29, 1.82) is 0 Å². The highest BCUT2D eigenvalue weighted by Crippen LogP contribution is 2.19. The SMILES string of the molecule is C1=C(CCNC2CCNCC2)CCCC1. The standard InChI is InChI=1S/C13H24N2/c1-2-4-12(5-3-1)6-11-15-13-7-9-14-10-8-13/h4,13-15H,1-3,5-11H2. The minimum absolute atomic E-state index is 0.774. The van der Waals surface area contributed by atoms with Crippen molar-refractivity contribution < 1.29 is 0 Å². The van der Waals surface area contributed by atoms with Crippen molar-refractivity contribution in [3.63, 3.8) is 0 Å². The predicted octanol–water partition coefficient (Wildman–Crippen LogP) is 2.22. The summed E-state index contributed by atoms with van der Waals surface area (Å²) in [4.78, 5) is 0. The summed E-state index contributed by atoms with van der Waals surface area (Å²) in [5.41, 5.74) is 1.70. The molecule has 2 N–H and O–H groups in total. The first-order chi connectivity index (χ1) is 7.45. The molecule has 2 rings (SSSR count). The minimum atomic E-state index is 0.774.